The number of amides is 2. The van der Waals surface area contributed by atoms with Crippen LogP contribution in [0.5, 0.6) is 5.75 Å². The number of nitrogens with one attached hydrogen (secondary N) is 1. The number of hydrogen-bond donors (Lipinski definition) is 1. The third-order valence-corrected chi connectivity index (χ3v) is 6.48. The number of thioether (sulfide) groups is 1. The molecule has 0 saturated heterocycles. The maximum absolute atomic E-state index is 13.3. The van der Waals surface area contributed by atoms with Gasteiger partial charge >= 0.3 is 0 Å². The molecule has 32 heavy (non-hydrogen) atoms. The molecule has 174 valence electrons. The van der Waals surface area contributed by atoms with Gasteiger partial charge in [0.2, 0.25) is 11.8 Å². The van der Waals surface area contributed by atoms with E-state index in [1.165, 1.54) is 11.8 Å². The van der Waals surface area contributed by atoms with Crippen molar-refractivity contribution in [2.45, 2.75) is 58.0 Å². The molecule has 0 heterocycles. The normalized spacial score (nSPS) is 12.7. The highest BCUT2D eigenvalue weighted by Crippen LogP contribution is 2.21. The van der Waals surface area contributed by atoms with Gasteiger partial charge in [0.15, 0.2) is 0 Å². The van der Waals surface area contributed by atoms with Crippen LogP contribution in [0.25, 0.3) is 0 Å². The van der Waals surface area contributed by atoms with Gasteiger partial charge in [0, 0.05) is 23.4 Å². The molecule has 0 bridgehead atoms. The predicted molar refractivity (Wildman–Crippen MR) is 133 cm³/mol. The monoisotopic (exact) mass is 476 g/mol. The van der Waals surface area contributed by atoms with Gasteiger partial charge in [-0.05, 0) is 55.2 Å². The second kappa shape index (κ2) is 13.4. The molecule has 0 aliphatic rings. The summed E-state index contributed by atoms with van der Waals surface area (Å²) < 4.78 is 5.32. The summed E-state index contributed by atoms with van der Waals surface area (Å²) in [6.45, 7) is 6.28. The van der Waals surface area contributed by atoms with Crippen molar-refractivity contribution in [1.29, 1.82) is 0 Å². The Hall–Kier alpha value is -2.18. The Kier molecular flexibility index (Phi) is 10.9. The topological polar surface area (TPSA) is 58.6 Å². The Labute approximate surface area is 200 Å². The van der Waals surface area contributed by atoms with E-state index in [1.54, 1.807) is 12.0 Å². The van der Waals surface area contributed by atoms with E-state index in [-0.39, 0.29) is 23.6 Å². The first-order chi connectivity index (χ1) is 15.4. The van der Waals surface area contributed by atoms with Crippen molar-refractivity contribution in [2.24, 2.45) is 0 Å². The molecule has 2 aromatic carbocycles. The van der Waals surface area contributed by atoms with Gasteiger partial charge in [0.25, 0.3) is 0 Å². The van der Waals surface area contributed by atoms with Gasteiger partial charge in [0.1, 0.15) is 11.8 Å². The number of hydrogen-bond acceptors (Lipinski definition) is 4. The Morgan fingerprint density at radius 2 is 1.81 bits per heavy atom. The van der Waals surface area contributed by atoms with Crippen molar-refractivity contribution in [1.82, 2.24) is 10.2 Å². The van der Waals surface area contributed by atoms with E-state index >= 15 is 0 Å². The first kappa shape index (κ1) is 26.1. The van der Waals surface area contributed by atoms with Gasteiger partial charge in [-0.1, -0.05) is 49.7 Å². The summed E-state index contributed by atoms with van der Waals surface area (Å²) in [5, 5.41) is 3.72. The zero-order valence-electron chi connectivity index (χ0n) is 19.3. The summed E-state index contributed by atoms with van der Waals surface area (Å²) >= 11 is 7.58. The third-order valence-electron chi connectivity index (χ3n) is 5.26. The second-order valence-electron chi connectivity index (χ2n) is 7.74. The minimum Gasteiger partial charge on any atom is -0.497 e. The van der Waals surface area contributed by atoms with E-state index in [9.17, 15) is 9.59 Å². The molecule has 7 heteroatoms. The fourth-order valence-electron chi connectivity index (χ4n) is 3.29. The highest BCUT2D eigenvalue weighted by Gasteiger charge is 2.29. The first-order valence-corrected chi connectivity index (χ1v) is 12.5. The number of halogens is 1. The van der Waals surface area contributed by atoms with Crippen molar-refractivity contribution < 1.29 is 14.3 Å². The Balaban J connectivity index is 2.16. The van der Waals surface area contributed by atoms with Crippen molar-refractivity contribution in [3.8, 4) is 5.75 Å². The van der Waals surface area contributed by atoms with Crippen LogP contribution in [0.15, 0.2) is 48.5 Å². The molecule has 5 nitrogen and oxygen atoms in total. The molecule has 0 unspecified atom stereocenters. The van der Waals surface area contributed by atoms with Crippen molar-refractivity contribution in [3.05, 3.63) is 64.7 Å². The average molecular weight is 477 g/mol. The van der Waals surface area contributed by atoms with Crippen LogP contribution in [0.3, 0.4) is 0 Å². The minimum atomic E-state index is -0.533. The summed E-state index contributed by atoms with van der Waals surface area (Å²) in [7, 11) is 1.61. The highest BCUT2D eigenvalue weighted by molar-refractivity contribution is 7.99. The van der Waals surface area contributed by atoms with Crippen LogP contribution in [-0.2, 0) is 21.9 Å². The molecule has 0 aliphatic carbocycles. The van der Waals surface area contributed by atoms with Gasteiger partial charge in [0.05, 0.1) is 12.9 Å². The van der Waals surface area contributed by atoms with Crippen LogP contribution in [0.1, 0.15) is 44.7 Å². The van der Waals surface area contributed by atoms with Gasteiger partial charge in [-0.2, -0.15) is 0 Å². The van der Waals surface area contributed by atoms with E-state index in [0.717, 1.165) is 23.3 Å². The Bertz CT molecular complexity index is 893. The van der Waals surface area contributed by atoms with Gasteiger partial charge in [-0.3, -0.25) is 9.59 Å². The van der Waals surface area contributed by atoms with Crippen LogP contribution < -0.4 is 10.1 Å². The summed E-state index contributed by atoms with van der Waals surface area (Å²) in [5.41, 5.74) is 1.99. The lowest BCUT2D eigenvalue weighted by molar-refractivity contribution is -0.139. The number of carbonyl (C=O) groups excluding carboxylic acids is 2. The molecule has 0 fully saturated rings. The molecule has 2 aromatic rings. The second-order valence-corrected chi connectivity index (χ2v) is 9.16. The van der Waals surface area contributed by atoms with E-state index in [0.29, 0.717) is 23.7 Å². The lowest BCUT2D eigenvalue weighted by Gasteiger charge is -2.31. The Morgan fingerprint density at radius 1 is 1.09 bits per heavy atom. The number of nitrogens with zero attached hydrogens (tertiary/aromatic N) is 1. The smallest absolute Gasteiger partial charge is 0.243 e. The Morgan fingerprint density at radius 3 is 2.47 bits per heavy atom. The number of benzene rings is 2. The maximum Gasteiger partial charge on any atom is 0.243 e. The van der Waals surface area contributed by atoms with Gasteiger partial charge in [-0.15, -0.1) is 11.8 Å². The molecular formula is C25H33ClN2O3S. The summed E-state index contributed by atoms with van der Waals surface area (Å²) in [5.74, 6) is 1.50. The summed E-state index contributed by atoms with van der Waals surface area (Å²) in [4.78, 5) is 28.0. The highest BCUT2D eigenvalue weighted by atomic mass is 35.5. The van der Waals surface area contributed by atoms with E-state index < -0.39 is 6.04 Å². The molecule has 1 N–H and O–H groups in total. The van der Waals surface area contributed by atoms with E-state index in [4.69, 9.17) is 16.3 Å². The molecule has 2 rings (SSSR count). The van der Waals surface area contributed by atoms with Gasteiger partial charge < -0.3 is 15.0 Å². The lowest BCUT2D eigenvalue weighted by atomic mass is 10.1. The van der Waals surface area contributed by atoms with Crippen LogP contribution >= 0.6 is 23.4 Å². The quantitative estimate of drug-likeness (QED) is 0.451. The largest absolute Gasteiger partial charge is 0.497 e. The van der Waals surface area contributed by atoms with Crippen molar-refractivity contribution in [2.75, 3.05) is 12.9 Å². The van der Waals surface area contributed by atoms with Crippen molar-refractivity contribution in [3.63, 3.8) is 0 Å². The average Bonchev–Trinajstić information content (AvgIpc) is 2.78. The lowest BCUT2D eigenvalue weighted by Crippen LogP contribution is -2.51. The third kappa shape index (κ3) is 8.06. The summed E-state index contributed by atoms with van der Waals surface area (Å²) in [6.07, 6.45) is 1.37. The molecule has 0 saturated carbocycles. The van der Waals surface area contributed by atoms with Crippen LogP contribution in [0.2, 0.25) is 5.02 Å². The number of rotatable bonds is 12. The molecule has 0 spiro atoms. The molecule has 2 amide bonds. The number of methoxy groups -OCH3 is 1. The summed E-state index contributed by atoms with van der Waals surface area (Å²) in [6, 6.07) is 14.8. The first-order valence-electron chi connectivity index (χ1n) is 10.9. The minimum absolute atomic E-state index is 0.0579. The standard InChI is InChI=1S/C25H33ClN2O3S/c1-5-18(3)27-25(30)23(6-2)28(15-19-9-8-12-22(14-19)31-4)24(29)17-32-16-20-10-7-11-21(26)13-20/h7-14,18,23H,5-6,15-17H2,1-4H3,(H,27,30)/t18-,23-/m0/s1. The zero-order chi connectivity index (χ0) is 23.5. The van der Waals surface area contributed by atoms with Crippen molar-refractivity contribution >= 4 is 35.2 Å². The molecular weight excluding hydrogens is 444 g/mol. The molecule has 0 aliphatic heterocycles. The van der Waals surface area contributed by atoms with Crippen LogP contribution in [-0.4, -0.2) is 41.7 Å². The zero-order valence-corrected chi connectivity index (χ0v) is 20.8. The fraction of sp³-hybridized carbons (Fsp3) is 0.440. The molecule has 2 atom stereocenters. The molecule has 0 radical (unpaired) electrons. The number of ether oxygens (including phenoxy) is 1. The SMILES string of the molecule is CC[C@H](C)NC(=O)[C@H](CC)N(Cc1cccc(OC)c1)C(=O)CSCc1cccc(Cl)c1. The predicted octanol–water partition coefficient (Wildman–Crippen LogP) is 5.30. The van der Waals surface area contributed by atoms with Crippen LogP contribution in [0.4, 0.5) is 0 Å². The van der Waals surface area contributed by atoms with E-state index in [1.807, 2.05) is 69.3 Å². The number of carbonyl (C=O) groups is 2. The maximum atomic E-state index is 13.3. The van der Waals surface area contributed by atoms with Gasteiger partial charge in [-0.25, -0.2) is 0 Å². The molecule has 0 aromatic heterocycles. The van der Waals surface area contributed by atoms with E-state index in [2.05, 4.69) is 5.32 Å². The van der Waals surface area contributed by atoms with Crippen LogP contribution in [0, 0.1) is 0 Å². The fourth-order valence-corrected chi connectivity index (χ4v) is 4.36.